The Morgan fingerprint density at radius 3 is 2.27 bits per heavy atom. The van der Waals surface area contributed by atoms with Gasteiger partial charge in [0, 0.05) is 27.0 Å². The summed E-state index contributed by atoms with van der Waals surface area (Å²) < 4.78 is 34.5. The van der Waals surface area contributed by atoms with Gasteiger partial charge in [-0.05, 0) is 75.6 Å². The highest BCUT2D eigenvalue weighted by molar-refractivity contribution is 5.82. The molecule has 0 saturated carbocycles. The highest BCUT2D eigenvalue weighted by Gasteiger charge is 2.34. The second kappa shape index (κ2) is 22.3. The van der Waals surface area contributed by atoms with E-state index < -0.39 is 29.8 Å². The predicted octanol–water partition coefficient (Wildman–Crippen LogP) is 8.14. The van der Waals surface area contributed by atoms with E-state index in [0.29, 0.717) is 44.3 Å². The summed E-state index contributed by atoms with van der Waals surface area (Å²) in [5.41, 5.74) is 1.24. The third-order valence-corrected chi connectivity index (χ3v) is 7.77. The van der Waals surface area contributed by atoms with Crippen molar-refractivity contribution in [2.75, 3.05) is 34.2 Å². The summed E-state index contributed by atoms with van der Waals surface area (Å²) in [5.74, 6) is 0.598. The second-order valence-electron chi connectivity index (χ2n) is 13.3. The first kappa shape index (κ1) is 40.8. The largest absolute Gasteiger partial charge is 0.491 e. The zero-order chi connectivity index (χ0) is 35.4. The zero-order valence-electron chi connectivity index (χ0n) is 30.3. The van der Waals surface area contributed by atoms with Crippen LogP contribution in [0.1, 0.15) is 84.3 Å². The molecule has 0 bridgehead atoms. The molecule has 0 aliphatic carbocycles. The number of nitrogens with zero attached hydrogens (tertiary/aromatic N) is 1. The number of benzene rings is 2. The highest BCUT2D eigenvalue weighted by atomic mass is 16.7. The van der Waals surface area contributed by atoms with Crippen LogP contribution in [0.3, 0.4) is 0 Å². The van der Waals surface area contributed by atoms with Crippen LogP contribution >= 0.6 is 0 Å². The number of likely N-dealkylation sites (N-methyl/N-ethyl adjacent to an activating group) is 1. The maximum atomic E-state index is 14.0. The Labute approximate surface area is 288 Å². The molecule has 2 rings (SSSR count). The average Bonchev–Trinajstić information content (AvgIpc) is 3.05. The molecular formula is C39H59NO8. The van der Waals surface area contributed by atoms with Crippen LogP contribution in [0, 0.1) is 5.92 Å². The van der Waals surface area contributed by atoms with Gasteiger partial charge in [-0.3, -0.25) is 4.90 Å². The summed E-state index contributed by atoms with van der Waals surface area (Å²) >= 11 is 0. The molecule has 0 radical (unpaired) electrons. The molecule has 4 atom stereocenters. The lowest BCUT2D eigenvalue weighted by atomic mass is 9.96. The summed E-state index contributed by atoms with van der Waals surface area (Å²) in [4.78, 5) is 28.5. The van der Waals surface area contributed by atoms with Gasteiger partial charge in [-0.2, -0.15) is 0 Å². The van der Waals surface area contributed by atoms with Crippen LogP contribution < -0.4 is 4.74 Å². The second-order valence-corrected chi connectivity index (χ2v) is 13.3. The van der Waals surface area contributed by atoms with E-state index in [-0.39, 0.29) is 19.3 Å². The van der Waals surface area contributed by atoms with E-state index in [2.05, 4.69) is 20.4 Å². The summed E-state index contributed by atoms with van der Waals surface area (Å²) in [5, 5.41) is 0. The van der Waals surface area contributed by atoms with Gasteiger partial charge in [0.1, 0.15) is 36.9 Å². The van der Waals surface area contributed by atoms with E-state index in [1.54, 1.807) is 34.9 Å². The number of carbonyl (C=O) groups excluding carboxylic acids is 2. The smallest absolute Gasteiger partial charge is 0.410 e. The summed E-state index contributed by atoms with van der Waals surface area (Å²) in [6, 6.07) is 16.6. The number of allylic oxidation sites excluding steroid dienone is 1. The molecule has 0 aromatic heterocycles. The van der Waals surface area contributed by atoms with E-state index in [1.807, 2.05) is 60.7 Å². The van der Waals surface area contributed by atoms with Crippen molar-refractivity contribution in [2.45, 2.75) is 110 Å². The normalized spacial score (nSPS) is 14.0. The first-order chi connectivity index (χ1) is 22.9. The molecule has 9 nitrogen and oxygen atoms in total. The van der Waals surface area contributed by atoms with Gasteiger partial charge in [0.2, 0.25) is 0 Å². The molecule has 0 heterocycles. The van der Waals surface area contributed by atoms with Crippen LogP contribution in [0.2, 0.25) is 0 Å². The van der Waals surface area contributed by atoms with E-state index >= 15 is 0 Å². The summed E-state index contributed by atoms with van der Waals surface area (Å²) in [7, 11) is 3.17. The van der Waals surface area contributed by atoms with Gasteiger partial charge < -0.3 is 28.4 Å². The summed E-state index contributed by atoms with van der Waals surface area (Å²) in [6.45, 7) is 15.1. The van der Waals surface area contributed by atoms with Crippen molar-refractivity contribution < 1.29 is 38.0 Å². The van der Waals surface area contributed by atoms with Crippen LogP contribution in [0.15, 0.2) is 67.3 Å². The molecule has 0 spiro atoms. The Kier molecular flexibility index (Phi) is 18.9. The van der Waals surface area contributed by atoms with Crippen molar-refractivity contribution >= 4 is 12.1 Å². The Bertz CT molecular complexity index is 1180. The van der Waals surface area contributed by atoms with E-state index in [4.69, 9.17) is 28.4 Å². The number of rotatable bonds is 23. The van der Waals surface area contributed by atoms with Crippen LogP contribution in [0.25, 0.3) is 0 Å². The third kappa shape index (κ3) is 16.6. The quantitative estimate of drug-likeness (QED) is 0.0507. The molecule has 0 N–H and O–H groups in total. The van der Waals surface area contributed by atoms with Gasteiger partial charge in [-0.1, -0.05) is 68.8 Å². The van der Waals surface area contributed by atoms with Crippen LogP contribution in [0.4, 0.5) is 4.79 Å². The highest BCUT2D eigenvalue weighted by Crippen LogP contribution is 2.23. The van der Waals surface area contributed by atoms with Gasteiger partial charge in [-0.15, -0.1) is 6.58 Å². The minimum absolute atomic E-state index is 0.124. The SMILES string of the molecule is C=CC[C@H](C)CC[C@@H](C[C@H](CCC)OCOC)OC(=O)C(Cc1ccc(OCCOCc2ccccc2)cc1)N(C)C(=O)OC(C)(C)C. The molecule has 2 aromatic rings. The van der Waals surface area contributed by atoms with Gasteiger partial charge in [0.15, 0.2) is 0 Å². The third-order valence-electron chi connectivity index (χ3n) is 7.77. The predicted molar refractivity (Wildman–Crippen MR) is 189 cm³/mol. The molecule has 9 heteroatoms. The number of carbonyl (C=O) groups is 2. The van der Waals surface area contributed by atoms with Gasteiger partial charge >= 0.3 is 12.1 Å². The minimum Gasteiger partial charge on any atom is -0.491 e. The molecule has 1 unspecified atom stereocenters. The van der Waals surface area contributed by atoms with Crippen molar-refractivity contribution in [3.05, 3.63) is 78.4 Å². The lowest BCUT2D eigenvalue weighted by molar-refractivity contribution is -0.159. The Morgan fingerprint density at radius 2 is 1.65 bits per heavy atom. The Hall–Kier alpha value is -3.40. The van der Waals surface area contributed by atoms with Crippen LogP contribution in [-0.2, 0) is 41.5 Å². The fourth-order valence-electron chi connectivity index (χ4n) is 5.16. The van der Waals surface area contributed by atoms with Crippen molar-refractivity contribution in [1.29, 1.82) is 0 Å². The van der Waals surface area contributed by atoms with Crippen molar-refractivity contribution in [3.8, 4) is 5.75 Å². The summed E-state index contributed by atoms with van der Waals surface area (Å²) in [6.07, 6.45) is 5.72. The van der Waals surface area contributed by atoms with Crippen LogP contribution in [-0.4, -0.2) is 75.0 Å². The van der Waals surface area contributed by atoms with E-state index in [9.17, 15) is 9.59 Å². The molecule has 0 aliphatic heterocycles. The molecule has 268 valence electrons. The van der Waals surface area contributed by atoms with E-state index in [1.165, 1.54) is 4.90 Å². The van der Waals surface area contributed by atoms with Gasteiger partial charge in [0.05, 0.1) is 19.3 Å². The van der Waals surface area contributed by atoms with E-state index in [0.717, 1.165) is 36.8 Å². The minimum atomic E-state index is -0.907. The topological polar surface area (TPSA) is 92.8 Å². The standard InChI is InChI=1S/C39H59NO8/c1-9-14-30(3)18-21-35(27-34(15-10-2)46-29-43-8)47-37(41)36(40(7)38(42)48-39(4,5)6)26-31-19-22-33(23-20-31)45-25-24-44-28-32-16-12-11-13-17-32/h9,11-13,16-17,19-20,22-23,30,34-36H,1,10,14-15,18,21,24-29H2,2-8H3/t30-,34-,35-,36?/m0/s1. The zero-order valence-corrected chi connectivity index (χ0v) is 30.3. The number of amides is 1. The van der Waals surface area contributed by atoms with Crippen LogP contribution in [0.5, 0.6) is 5.75 Å². The molecular weight excluding hydrogens is 610 g/mol. The molecule has 0 fully saturated rings. The first-order valence-electron chi connectivity index (χ1n) is 17.2. The molecule has 0 saturated heterocycles. The molecule has 48 heavy (non-hydrogen) atoms. The Morgan fingerprint density at radius 1 is 0.938 bits per heavy atom. The number of hydrogen-bond donors (Lipinski definition) is 0. The van der Waals surface area contributed by atoms with Crippen molar-refractivity contribution in [2.24, 2.45) is 5.92 Å². The number of esters is 1. The molecule has 2 aromatic carbocycles. The fraction of sp³-hybridized carbons (Fsp3) is 0.590. The average molecular weight is 670 g/mol. The molecule has 1 amide bonds. The lowest BCUT2D eigenvalue weighted by Gasteiger charge is -2.31. The molecule has 0 aliphatic rings. The monoisotopic (exact) mass is 669 g/mol. The maximum absolute atomic E-state index is 14.0. The fourth-order valence-corrected chi connectivity index (χ4v) is 5.16. The maximum Gasteiger partial charge on any atom is 0.410 e. The first-order valence-corrected chi connectivity index (χ1v) is 17.2. The van der Waals surface area contributed by atoms with Crippen molar-refractivity contribution in [1.82, 2.24) is 4.90 Å². The lowest BCUT2D eigenvalue weighted by Crippen LogP contribution is -2.47. The van der Waals surface area contributed by atoms with Gasteiger partial charge in [-0.25, -0.2) is 9.59 Å². The number of methoxy groups -OCH3 is 1. The van der Waals surface area contributed by atoms with Gasteiger partial charge in [0.25, 0.3) is 0 Å². The van der Waals surface area contributed by atoms with Crippen molar-refractivity contribution in [3.63, 3.8) is 0 Å². The Balaban J connectivity index is 2.16. The number of ether oxygens (including phenoxy) is 6. The number of hydrogen-bond acceptors (Lipinski definition) is 8.